The van der Waals surface area contributed by atoms with Crippen molar-refractivity contribution < 1.29 is 9.53 Å². The molecule has 5 nitrogen and oxygen atoms in total. The van der Waals surface area contributed by atoms with E-state index in [1.807, 2.05) is 36.4 Å². The average Bonchev–Trinajstić information content (AvgIpc) is 2.78. The maximum atomic E-state index is 13.2. The minimum Gasteiger partial charge on any atom is -0.489 e. The van der Waals surface area contributed by atoms with Crippen LogP contribution in [0.5, 0.6) is 5.75 Å². The Bertz CT molecular complexity index is 1170. The molecule has 0 aliphatic heterocycles. The molecule has 0 saturated carbocycles. The van der Waals surface area contributed by atoms with Crippen LogP contribution in [0.3, 0.4) is 0 Å². The summed E-state index contributed by atoms with van der Waals surface area (Å²) in [6.07, 6.45) is 1.58. The summed E-state index contributed by atoms with van der Waals surface area (Å²) in [4.78, 5) is 30.3. The van der Waals surface area contributed by atoms with Gasteiger partial charge >= 0.3 is 0 Å². The predicted molar refractivity (Wildman–Crippen MR) is 110 cm³/mol. The van der Waals surface area contributed by atoms with Crippen molar-refractivity contribution in [1.82, 2.24) is 9.55 Å². The summed E-state index contributed by atoms with van der Waals surface area (Å²) in [5.41, 5.74) is 1.27. The normalized spacial score (nSPS) is 10.5. The largest absolute Gasteiger partial charge is 0.489 e. The highest BCUT2D eigenvalue weighted by atomic mass is 16.5. The van der Waals surface area contributed by atoms with Crippen LogP contribution in [-0.4, -0.2) is 15.3 Å². The SMILES string of the molecule is O=C(c1ccccc1)c1cc(OCc2ccccc2)cc(=O)n1-c1ccccn1. The molecule has 142 valence electrons. The van der Waals surface area contributed by atoms with Crippen molar-refractivity contribution in [3.05, 3.63) is 124 Å². The van der Waals surface area contributed by atoms with Gasteiger partial charge in [0, 0.05) is 23.9 Å². The van der Waals surface area contributed by atoms with E-state index in [9.17, 15) is 9.59 Å². The van der Waals surface area contributed by atoms with Crippen molar-refractivity contribution in [2.75, 3.05) is 0 Å². The van der Waals surface area contributed by atoms with E-state index in [0.717, 1.165) is 5.56 Å². The molecular formula is C24H18N2O3. The van der Waals surface area contributed by atoms with Gasteiger partial charge in [-0.15, -0.1) is 0 Å². The van der Waals surface area contributed by atoms with Gasteiger partial charge in [-0.25, -0.2) is 4.98 Å². The van der Waals surface area contributed by atoms with Crippen LogP contribution < -0.4 is 10.3 Å². The number of carbonyl (C=O) groups is 1. The summed E-state index contributed by atoms with van der Waals surface area (Å²) in [6, 6.07) is 26.6. The van der Waals surface area contributed by atoms with Gasteiger partial charge in [-0.3, -0.25) is 14.2 Å². The minimum atomic E-state index is -0.381. The number of aromatic nitrogens is 2. The third-order valence-electron chi connectivity index (χ3n) is 4.40. The molecule has 0 radical (unpaired) electrons. The zero-order chi connectivity index (χ0) is 20.1. The molecule has 29 heavy (non-hydrogen) atoms. The van der Waals surface area contributed by atoms with Crippen molar-refractivity contribution in [3.63, 3.8) is 0 Å². The molecular weight excluding hydrogens is 364 g/mol. The Labute approximate surface area is 167 Å². The number of ether oxygens (including phenoxy) is 1. The number of ketones is 1. The van der Waals surface area contributed by atoms with E-state index in [1.54, 1.807) is 54.7 Å². The molecule has 0 atom stereocenters. The molecule has 0 saturated heterocycles. The lowest BCUT2D eigenvalue weighted by Gasteiger charge is -2.14. The maximum Gasteiger partial charge on any atom is 0.260 e. The molecule has 0 bridgehead atoms. The van der Waals surface area contributed by atoms with E-state index in [1.165, 1.54) is 10.6 Å². The standard InChI is InChI=1S/C24H18N2O3/c27-23-16-20(29-17-18-9-3-1-4-10-18)15-21(24(28)19-11-5-2-6-12-19)26(23)22-13-7-8-14-25-22/h1-16H,17H2. The minimum absolute atomic E-state index is 0.200. The monoisotopic (exact) mass is 382 g/mol. The molecule has 2 heterocycles. The number of rotatable bonds is 6. The first-order valence-corrected chi connectivity index (χ1v) is 9.17. The lowest BCUT2D eigenvalue weighted by molar-refractivity contribution is 0.103. The molecule has 2 aromatic heterocycles. The zero-order valence-electron chi connectivity index (χ0n) is 15.6. The van der Waals surface area contributed by atoms with Crippen molar-refractivity contribution in [3.8, 4) is 11.6 Å². The summed E-state index contributed by atoms with van der Waals surface area (Å²) in [6.45, 7) is 0.298. The maximum absolute atomic E-state index is 13.2. The van der Waals surface area contributed by atoms with Crippen LogP contribution in [0.15, 0.2) is 102 Å². The fourth-order valence-corrected chi connectivity index (χ4v) is 3.00. The van der Waals surface area contributed by atoms with E-state index >= 15 is 0 Å². The summed E-state index contributed by atoms with van der Waals surface area (Å²) >= 11 is 0. The Morgan fingerprint density at radius 1 is 0.862 bits per heavy atom. The van der Waals surface area contributed by atoms with Crippen LogP contribution in [0.25, 0.3) is 5.82 Å². The first-order chi connectivity index (χ1) is 14.2. The van der Waals surface area contributed by atoms with E-state index in [2.05, 4.69) is 4.98 Å². The fourth-order valence-electron chi connectivity index (χ4n) is 3.00. The molecule has 4 rings (SSSR count). The van der Waals surface area contributed by atoms with Gasteiger partial charge in [-0.05, 0) is 17.7 Å². The first-order valence-electron chi connectivity index (χ1n) is 9.17. The van der Waals surface area contributed by atoms with Gasteiger partial charge < -0.3 is 4.74 Å². The second-order valence-corrected chi connectivity index (χ2v) is 6.41. The van der Waals surface area contributed by atoms with Gasteiger partial charge in [-0.1, -0.05) is 66.7 Å². The van der Waals surface area contributed by atoms with E-state index < -0.39 is 0 Å². The highest BCUT2D eigenvalue weighted by Gasteiger charge is 2.18. The number of pyridine rings is 2. The molecule has 0 unspecified atom stereocenters. The molecule has 0 spiro atoms. The van der Waals surface area contributed by atoms with Crippen LogP contribution >= 0.6 is 0 Å². The number of benzene rings is 2. The van der Waals surface area contributed by atoms with E-state index in [4.69, 9.17) is 4.74 Å². The third-order valence-corrected chi connectivity index (χ3v) is 4.40. The third kappa shape index (κ3) is 4.14. The summed E-state index contributed by atoms with van der Waals surface area (Å²) in [5.74, 6) is 0.440. The van der Waals surface area contributed by atoms with Crippen molar-refractivity contribution in [2.45, 2.75) is 6.61 Å². The Kier molecular flexibility index (Phi) is 5.29. The van der Waals surface area contributed by atoms with Crippen molar-refractivity contribution in [2.24, 2.45) is 0 Å². The number of nitrogens with zero attached hydrogens (tertiary/aromatic N) is 2. The van der Waals surface area contributed by atoms with Gasteiger partial charge in [0.2, 0.25) is 5.78 Å². The highest BCUT2D eigenvalue weighted by molar-refractivity contribution is 6.08. The van der Waals surface area contributed by atoms with Gasteiger partial charge in [-0.2, -0.15) is 0 Å². The smallest absolute Gasteiger partial charge is 0.260 e. The molecule has 0 amide bonds. The quantitative estimate of drug-likeness (QED) is 0.472. The van der Waals surface area contributed by atoms with Gasteiger partial charge in [0.15, 0.2) is 0 Å². The van der Waals surface area contributed by atoms with Crippen LogP contribution in [0, 0.1) is 0 Å². The fraction of sp³-hybridized carbons (Fsp3) is 0.0417. The number of hydrogen-bond donors (Lipinski definition) is 0. The molecule has 0 aliphatic rings. The second kappa shape index (κ2) is 8.35. The molecule has 0 aliphatic carbocycles. The molecule has 4 aromatic rings. The Morgan fingerprint density at radius 3 is 2.24 bits per heavy atom. The summed E-state index contributed by atoms with van der Waals surface area (Å²) in [5, 5.41) is 0. The van der Waals surface area contributed by atoms with Crippen LogP contribution in [0.4, 0.5) is 0 Å². The van der Waals surface area contributed by atoms with E-state index in [-0.39, 0.29) is 17.0 Å². The summed E-state index contributed by atoms with van der Waals surface area (Å²) < 4.78 is 7.11. The van der Waals surface area contributed by atoms with Crippen LogP contribution in [0.1, 0.15) is 21.6 Å². The van der Waals surface area contributed by atoms with Crippen LogP contribution in [-0.2, 0) is 6.61 Å². The average molecular weight is 382 g/mol. The first kappa shape index (κ1) is 18.4. The van der Waals surface area contributed by atoms with E-state index in [0.29, 0.717) is 23.7 Å². The lowest BCUT2D eigenvalue weighted by Crippen LogP contribution is -2.25. The molecule has 0 fully saturated rings. The zero-order valence-corrected chi connectivity index (χ0v) is 15.6. The highest BCUT2D eigenvalue weighted by Crippen LogP contribution is 2.18. The van der Waals surface area contributed by atoms with Crippen molar-refractivity contribution in [1.29, 1.82) is 0 Å². The lowest BCUT2D eigenvalue weighted by atomic mass is 10.1. The van der Waals surface area contributed by atoms with Gasteiger partial charge in [0.25, 0.3) is 5.56 Å². The molecule has 0 N–H and O–H groups in total. The van der Waals surface area contributed by atoms with Gasteiger partial charge in [0.1, 0.15) is 23.9 Å². The number of hydrogen-bond acceptors (Lipinski definition) is 4. The predicted octanol–water partition coefficient (Wildman–Crippen LogP) is 4.04. The number of carbonyl (C=O) groups excluding carboxylic acids is 1. The second-order valence-electron chi connectivity index (χ2n) is 6.41. The molecule has 2 aromatic carbocycles. The Balaban J connectivity index is 1.77. The molecule has 5 heteroatoms. The van der Waals surface area contributed by atoms with Crippen LogP contribution in [0.2, 0.25) is 0 Å². The van der Waals surface area contributed by atoms with Gasteiger partial charge in [0.05, 0.1) is 0 Å². The Morgan fingerprint density at radius 2 is 1.55 bits per heavy atom. The Hall–Kier alpha value is -3.99. The summed E-state index contributed by atoms with van der Waals surface area (Å²) in [7, 11) is 0. The topological polar surface area (TPSA) is 61.2 Å². The van der Waals surface area contributed by atoms with Crippen molar-refractivity contribution >= 4 is 5.78 Å².